The first-order chi connectivity index (χ1) is 12.0. The largest absolute Gasteiger partial charge is 0.472 e. The molecule has 3 aliphatic heterocycles. The van der Waals surface area contributed by atoms with Crippen molar-refractivity contribution in [1.82, 2.24) is 4.90 Å². The van der Waals surface area contributed by atoms with Gasteiger partial charge >= 0.3 is 0 Å². The van der Waals surface area contributed by atoms with Crippen LogP contribution in [0.1, 0.15) is 37.8 Å². The number of hydrogen-bond acceptors (Lipinski definition) is 4. The van der Waals surface area contributed by atoms with E-state index in [9.17, 15) is 4.79 Å². The Morgan fingerprint density at radius 2 is 2.36 bits per heavy atom. The van der Waals surface area contributed by atoms with Gasteiger partial charge in [-0.1, -0.05) is 25.2 Å². The Bertz CT molecular complexity index is 703. The first kappa shape index (κ1) is 17.4. The maximum absolute atomic E-state index is 12.0. The first-order valence-electron chi connectivity index (χ1n) is 8.93. The molecule has 5 atom stereocenters. The third kappa shape index (κ3) is 2.83. The predicted octanol–water partition coefficient (Wildman–Crippen LogP) is 4.80. The molecule has 134 valence electrons. The molecule has 0 bridgehead atoms. The maximum Gasteiger partial charge on any atom is 0.241 e. The third-order valence-electron chi connectivity index (χ3n) is 6.23. The number of piperidine rings is 1. The Balaban J connectivity index is 1.65. The van der Waals surface area contributed by atoms with Crippen LogP contribution in [0.2, 0.25) is 0 Å². The number of rotatable bonds is 3. The molecule has 25 heavy (non-hydrogen) atoms. The van der Waals surface area contributed by atoms with Crippen molar-refractivity contribution < 1.29 is 9.21 Å². The standard InChI is InChI=1S/C20H24ClNO2S/c1-3-20(18(21)23)11-19(13-25-20)8-6-16-14(2)4-5-17(22(16)12-19)15-7-9-24-10-15/h3,6-10,14,16-17H,1,4-5,11-13H2,2H3/t14-,16+,17+,19+,20-/m1/s1. The van der Waals surface area contributed by atoms with Crippen molar-refractivity contribution in [1.29, 1.82) is 0 Å². The lowest BCUT2D eigenvalue weighted by molar-refractivity contribution is -0.113. The van der Waals surface area contributed by atoms with Crippen LogP contribution in [0.5, 0.6) is 0 Å². The summed E-state index contributed by atoms with van der Waals surface area (Å²) in [5.74, 6) is 1.55. The van der Waals surface area contributed by atoms with Crippen molar-refractivity contribution in [3.63, 3.8) is 0 Å². The molecule has 5 heteroatoms. The van der Waals surface area contributed by atoms with E-state index in [4.69, 9.17) is 16.0 Å². The quantitative estimate of drug-likeness (QED) is 0.559. The van der Waals surface area contributed by atoms with Crippen LogP contribution in [-0.2, 0) is 4.79 Å². The monoisotopic (exact) mass is 377 g/mol. The summed E-state index contributed by atoms with van der Waals surface area (Å²) >= 11 is 7.58. The first-order valence-corrected chi connectivity index (χ1v) is 10.3. The molecule has 0 saturated carbocycles. The van der Waals surface area contributed by atoms with Gasteiger partial charge in [-0.05, 0) is 42.8 Å². The van der Waals surface area contributed by atoms with Gasteiger partial charge in [-0.3, -0.25) is 9.69 Å². The van der Waals surface area contributed by atoms with Gasteiger partial charge in [0.15, 0.2) is 0 Å². The van der Waals surface area contributed by atoms with E-state index in [1.165, 1.54) is 12.0 Å². The second-order valence-corrected chi connectivity index (χ2v) is 9.49. The molecular weight excluding hydrogens is 354 g/mol. The highest BCUT2D eigenvalue weighted by molar-refractivity contribution is 8.02. The summed E-state index contributed by atoms with van der Waals surface area (Å²) in [5, 5.41) is -0.293. The Morgan fingerprint density at radius 3 is 3.00 bits per heavy atom. The van der Waals surface area contributed by atoms with Crippen molar-refractivity contribution in [2.45, 2.75) is 43.0 Å². The van der Waals surface area contributed by atoms with Crippen molar-refractivity contribution in [3.05, 3.63) is 49.0 Å². The van der Waals surface area contributed by atoms with E-state index in [2.05, 4.69) is 36.6 Å². The maximum atomic E-state index is 12.0. The molecule has 1 aromatic rings. The Morgan fingerprint density at radius 1 is 1.52 bits per heavy atom. The summed E-state index contributed by atoms with van der Waals surface area (Å²) < 4.78 is 4.70. The van der Waals surface area contributed by atoms with Gasteiger partial charge in [0.25, 0.3) is 0 Å². The number of hydrogen-bond donors (Lipinski definition) is 0. The highest BCUT2D eigenvalue weighted by atomic mass is 35.5. The summed E-state index contributed by atoms with van der Waals surface area (Å²) in [7, 11) is 0. The third-order valence-corrected chi connectivity index (χ3v) is 8.41. The van der Waals surface area contributed by atoms with Gasteiger partial charge in [0.1, 0.15) is 4.75 Å². The van der Waals surface area contributed by atoms with E-state index in [0.717, 1.165) is 25.1 Å². The van der Waals surface area contributed by atoms with E-state index in [1.54, 1.807) is 24.1 Å². The lowest BCUT2D eigenvalue weighted by atomic mass is 9.73. The van der Waals surface area contributed by atoms with Gasteiger partial charge in [0, 0.05) is 35.4 Å². The minimum atomic E-state index is -0.648. The second kappa shape index (κ2) is 6.33. The van der Waals surface area contributed by atoms with E-state index in [-0.39, 0.29) is 10.7 Å². The predicted molar refractivity (Wildman–Crippen MR) is 103 cm³/mol. The zero-order valence-electron chi connectivity index (χ0n) is 14.5. The molecule has 0 aromatic carbocycles. The highest BCUT2D eigenvalue weighted by Crippen LogP contribution is 2.55. The van der Waals surface area contributed by atoms with Crippen molar-refractivity contribution in [3.8, 4) is 0 Å². The minimum absolute atomic E-state index is 0.0149. The SMILES string of the molecule is C=C[C@]1(C(=O)Cl)C[C@]2(C=C[C@H]3[C@H](C)CC[C@@H](c4ccoc4)N3C2)CS1. The number of thioether (sulfide) groups is 1. The van der Waals surface area contributed by atoms with Gasteiger partial charge in [-0.2, -0.15) is 0 Å². The number of carbonyl (C=O) groups is 1. The molecule has 1 aromatic heterocycles. The van der Waals surface area contributed by atoms with Crippen LogP contribution in [0.25, 0.3) is 0 Å². The average molecular weight is 378 g/mol. The number of nitrogens with zero attached hydrogens (tertiary/aromatic N) is 1. The van der Waals surface area contributed by atoms with Crippen LogP contribution in [0.15, 0.2) is 47.8 Å². The van der Waals surface area contributed by atoms with Gasteiger partial charge in [-0.25, -0.2) is 0 Å². The second-order valence-electron chi connectivity index (χ2n) is 7.84. The molecule has 1 spiro atoms. The smallest absolute Gasteiger partial charge is 0.241 e. The number of halogens is 1. The fourth-order valence-electron chi connectivity index (χ4n) is 4.79. The summed E-state index contributed by atoms with van der Waals surface area (Å²) in [6.07, 6.45) is 13.2. The molecule has 0 unspecified atom stereocenters. The molecule has 3 aliphatic rings. The fraction of sp³-hybridized carbons (Fsp3) is 0.550. The lowest BCUT2D eigenvalue weighted by Crippen LogP contribution is -2.52. The highest BCUT2D eigenvalue weighted by Gasteiger charge is 2.53. The lowest BCUT2D eigenvalue weighted by Gasteiger charge is -2.50. The Labute approximate surface area is 158 Å². The van der Waals surface area contributed by atoms with Gasteiger partial charge in [-0.15, -0.1) is 18.3 Å². The summed E-state index contributed by atoms with van der Waals surface area (Å²) in [4.78, 5) is 14.7. The zero-order valence-corrected chi connectivity index (χ0v) is 16.1. The minimum Gasteiger partial charge on any atom is -0.472 e. The van der Waals surface area contributed by atoms with Gasteiger partial charge < -0.3 is 4.42 Å². The van der Waals surface area contributed by atoms with Crippen LogP contribution in [0.3, 0.4) is 0 Å². The molecule has 4 heterocycles. The molecule has 4 rings (SSSR count). The Kier molecular flexibility index (Phi) is 4.41. The molecular formula is C20H24ClNO2S. The average Bonchev–Trinajstić information content (AvgIpc) is 3.24. The van der Waals surface area contributed by atoms with Gasteiger partial charge in [0.05, 0.1) is 12.5 Å². The molecule has 0 aliphatic carbocycles. The summed E-state index contributed by atoms with van der Waals surface area (Å²) in [5.41, 5.74) is 1.25. The number of carbonyl (C=O) groups excluding carboxylic acids is 1. The molecule has 2 fully saturated rings. The summed E-state index contributed by atoms with van der Waals surface area (Å²) in [6, 6.07) is 2.93. The molecule has 2 saturated heterocycles. The van der Waals surface area contributed by atoms with Crippen LogP contribution in [0.4, 0.5) is 0 Å². The summed E-state index contributed by atoms with van der Waals surface area (Å²) in [6.45, 7) is 7.19. The van der Waals surface area contributed by atoms with E-state index < -0.39 is 4.75 Å². The van der Waals surface area contributed by atoms with Crippen LogP contribution in [-0.4, -0.2) is 33.2 Å². The van der Waals surface area contributed by atoms with Crippen molar-refractivity contribution >= 4 is 28.6 Å². The Hall–Kier alpha value is -0.970. The van der Waals surface area contributed by atoms with Crippen molar-refractivity contribution in [2.24, 2.45) is 11.3 Å². The van der Waals surface area contributed by atoms with Crippen LogP contribution in [0, 0.1) is 11.3 Å². The topological polar surface area (TPSA) is 33.5 Å². The van der Waals surface area contributed by atoms with Crippen molar-refractivity contribution in [2.75, 3.05) is 12.3 Å². The molecule has 3 nitrogen and oxygen atoms in total. The number of fused-ring (bicyclic) bond motifs is 1. The van der Waals surface area contributed by atoms with Crippen LogP contribution >= 0.6 is 23.4 Å². The normalized spacial score (nSPS) is 41.0. The molecule has 0 N–H and O–H groups in total. The van der Waals surface area contributed by atoms with E-state index in [1.807, 2.05) is 6.26 Å². The zero-order chi connectivity index (χ0) is 17.7. The van der Waals surface area contributed by atoms with E-state index in [0.29, 0.717) is 18.0 Å². The fourth-order valence-corrected chi connectivity index (χ4v) is 6.56. The van der Waals surface area contributed by atoms with Crippen LogP contribution < -0.4 is 0 Å². The number of furan rings is 1. The molecule has 0 radical (unpaired) electrons. The molecule has 0 amide bonds. The van der Waals surface area contributed by atoms with E-state index >= 15 is 0 Å². The van der Waals surface area contributed by atoms with Gasteiger partial charge in [0.2, 0.25) is 5.24 Å².